The number of hydrogen-bond acceptors (Lipinski definition) is 6. The minimum Gasteiger partial charge on any atom is -0.471 e. The van der Waals surface area contributed by atoms with Gasteiger partial charge in [0, 0.05) is 32.4 Å². The average molecular weight is 509 g/mol. The van der Waals surface area contributed by atoms with Crippen LogP contribution < -0.4 is 4.74 Å². The van der Waals surface area contributed by atoms with Crippen LogP contribution in [0.2, 0.25) is 0 Å². The molecule has 10 heteroatoms. The molecular formula is C25H24N4O4S2. The summed E-state index contributed by atoms with van der Waals surface area (Å²) in [5, 5.41) is 6.09. The molecule has 2 aromatic carbocycles. The summed E-state index contributed by atoms with van der Waals surface area (Å²) >= 11 is 1.20. The van der Waals surface area contributed by atoms with E-state index in [0.29, 0.717) is 28.7 Å². The van der Waals surface area contributed by atoms with Gasteiger partial charge in [-0.2, -0.15) is 9.40 Å². The normalized spacial score (nSPS) is 14.7. The summed E-state index contributed by atoms with van der Waals surface area (Å²) in [4.78, 5) is 14.5. The summed E-state index contributed by atoms with van der Waals surface area (Å²) in [5.74, 6) is 0.486. The molecule has 0 spiro atoms. The lowest BCUT2D eigenvalue weighted by molar-refractivity contribution is 0.0690. The van der Waals surface area contributed by atoms with Crippen molar-refractivity contribution in [2.45, 2.75) is 10.9 Å². The van der Waals surface area contributed by atoms with E-state index in [0.717, 1.165) is 11.1 Å². The Kier molecular flexibility index (Phi) is 6.67. The fourth-order valence-electron chi connectivity index (χ4n) is 3.89. The second kappa shape index (κ2) is 10.0. The first-order valence-corrected chi connectivity index (χ1v) is 13.5. The number of benzene rings is 2. The van der Waals surface area contributed by atoms with Crippen LogP contribution in [0.5, 0.6) is 5.75 Å². The Morgan fingerprint density at radius 1 is 0.886 bits per heavy atom. The molecule has 0 bridgehead atoms. The van der Waals surface area contributed by atoms with Gasteiger partial charge < -0.3 is 9.64 Å². The Morgan fingerprint density at radius 3 is 2.29 bits per heavy atom. The highest BCUT2D eigenvalue weighted by molar-refractivity contribution is 7.91. The topological polar surface area (TPSA) is 84.7 Å². The zero-order valence-electron chi connectivity index (χ0n) is 18.9. The molecule has 5 rings (SSSR count). The summed E-state index contributed by atoms with van der Waals surface area (Å²) in [7, 11) is -3.50. The van der Waals surface area contributed by atoms with Gasteiger partial charge in [-0.25, -0.2) is 13.1 Å². The fraction of sp³-hybridized carbons (Fsp3) is 0.200. The molecule has 2 aromatic heterocycles. The first-order chi connectivity index (χ1) is 17.0. The highest BCUT2D eigenvalue weighted by Gasteiger charge is 2.31. The van der Waals surface area contributed by atoms with E-state index in [1.165, 1.54) is 15.6 Å². The largest absolute Gasteiger partial charge is 0.471 e. The van der Waals surface area contributed by atoms with E-state index in [9.17, 15) is 13.2 Å². The van der Waals surface area contributed by atoms with E-state index in [-0.39, 0.29) is 25.7 Å². The summed E-state index contributed by atoms with van der Waals surface area (Å²) in [6.07, 6.45) is 1.70. The third-order valence-corrected chi connectivity index (χ3v) is 9.07. The van der Waals surface area contributed by atoms with Gasteiger partial charge in [-0.15, -0.1) is 11.3 Å². The molecule has 0 radical (unpaired) electrons. The maximum absolute atomic E-state index is 12.9. The molecule has 4 aromatic rings. The molecule has 1 fully saturated rings. The quantitative estimate of drug-likeness (QED) is 0.379. The Hall–Kier alpha value is -3.47. The molecule has 1 aliphatic rings. The number of thiophene rings is 1. The van der Waals surface area contributed by atoms with Crippen molar-refractivity contribution in [3.63, 3.8) is 0 Å². The number of nitrogens with zero attached hydrogens (tertiary/aromatic N) is 4. The smallest absolute Gasteiger partial charge is 0.274 e. The Labute approximate surface area is 208 Å². The third kappa shape index (κ3) is 5.14. The molecule has 35 heavy (non-hydrogen) atoms. The van der Waals surface area contributed by atoms with Crippen LogP contribution in [0.25, 0.3) is 11.1 Å². The van der Waals surface area contributed by atoms with Crippen molar-refractivity contribution in [3.05, 3.63) is 90.1 Å². The summed E-state index contributed by atoms with van der Waals surface area (Å²) in [5.41, 5.74) is 2.55. The molecule has 3 heterocycles. The van der Waals surface area contributed by atoms with Gasteiger partial charge in [-0.05, 0) is 40.8 Å². The molecule has 1 aliphatic heterocycles. The predicted molar refractivity (Wildman–Crippen MR) is 134 cm³/mol. The van der Waals surface area contributed by atoms with Crippen LogP contribution in [0.1, 0.15) is 10.5 Å². The molecule has 0 unspecified atom stereocenters. The highest BCUT2D eigenvalue weighted by Crippen LogP contribution is 2.23. The number of hydrogen-bond donors (Lipinski definition) is 0. The maximum atomic E-state index is 12.9. The standard InChI is InChI=1S/C25H24N4O4S2/c30-25(27-14-16-29(17-15-27)35(31,32)24-7-4-18-34-24)23-12-13-28(26-23)19-33-22-10-8-21(9-11-22)20-5-2-1-3-6-20/h1-13,18H,14-17,19H2. The molecule has 1 amide bonds. The lowest BCUT2D eigenvalue weighted by atomic mass is 10.1. The van der Waals surface area contributed by atoms with Crippen LogP contribution in [0.15, 0.2) is 88.6 Å². The van der Waals surface area contributed by atoms with Gasteiger partial charge in [0.25, 0.3) is 15.9 Å². The minimum atomic E-state index is -3.50. The predicted octanol–water partition coefficient (Wildman–Crippen LogP) is 3.79. The van der Waals surface area contributed by atoms with E-state index < -0.39 is 10.0 Å². The maximum Gasteiger partial charge on any atom is 0.274 e. The van der Waals surface area contributed by atoms with Crippen molar-refractivity contribution < 1.29 is 17.9 Å². The van der Waals surface area contributed by atoms with Gasteiger partial charge in [-0.1, -0.05) is 48.5 Å². The van der Waals surface area contributed by atoms with Crippen molar-refractivity contribution in [1.82, 2.24) is 19.0 Å². The van der Waals surface area contributed by atoms with Crippen LogP contribution in [0.4, 0.5) is 0 Å². The van der Waals surface area contributed by atoms with Gasteiger partial charge in [-0.3, -0.25) is 4.79 Å². The number of carbonyl (C=O) groups is 1. The second-order valence-corrected chi connectivity index (χ2v) is 11.1. The summed E-state index contributed by atoms with van der Waals surface area (Å²) in [6, 6.07) is 22.9. The zero-order valence-corrected chi connectivity index (χ0v) is 20.5. The SMILES string of the molecule is O=C(c1ccn(COc2ccc(-c3ccccc3)cc2)n1)N1CCN(S(=O)(=O)c2cccs2)CC1. The Morgan fingerprint density at radius 2 is 1.60 bits per heavy atom. The van der Waals surface area contributed by atoms with Crippen molar-refractivity contribution in [2.75, 3.05) is 26.2 Å². The van der Waals surface area contributed by atoms with Crippen LogP contribution in [0.3, 0.4) is 0 Å². The third-order valence-electron chi connectivity index (χ3n) is 5.80. The van der Waals surface area contributed by atoms with E-state index >= 15 is 0 Å². The van der Waals surface area contributed by atoms with E-state index in [1.807, 2.05) is 42.5 Å². The van der Waals surface area contributed by atoms with Crippen molar-refractivity contribution in [1.29, 1.82) is 0 Å². The van der Waals surface area contributed by atoms with E-state index in [2.05, 4.69) is 17.2 Å². The van der Waals surface area contributed by atoms with Crippen LogP contribution >= 0.6 is 11.3 Å². The zero-order chi connectivity index (χ0) is 24.3. The van der Waals surface area contributed by atoms with E-state index in [1.54, 1.807) is 39.4 Å². The summed E-state index contributed by atoms with van der Waals surface area (Å²) in [6.45, 7) is 1.33. The Balaban J connectivity index is 1.15. The van der Waals surface area contributed by atoms with Gasteiger partial charge >= 0.3 is 0 Å². The Bertz CT molecular complexity index is 1380. The van der Waals surface area contributed by atoms with Gasteiger partial charge in [0.15, 0.2) is 12.4 Å². The first-order valence-electron chi connectivity index (χ1n) is 11.2. The first kappa shape index (κ1) is 23.3. The second-order valence-electron chi connectivity index (χ2n) is 8.03. The van der Waals surface area contributed by atoms with Crippen LogP contribution in [0, 0.1) is 0 Å². The molecule has 0 aliphatic carbocycles. The van der Waals surface area contributed by atoms with Gasteiger partial charge in [0.2, 0.25) is 0 Å². The lowest BCUT2D eigenvalue weighted by Crippen LogP contribution is -2.50. The van der Waals surface area contributed by atoms with Gasteiger partial charge in [0.05, 0.1) is 0 Å². The molecule has 8 nitrogen and oxygen atoms in total. The molecular weight excluding hydrogens is 484 g/mol. The lowest BCUT2D eigenvalue weighted by Gasteiger charge is -2.33. The van der Waals surface area contributed by atoms with Gasteiger partial charge in [0.1, 0.15) is 9.96 Å². The molecule has 180 valence electrons. The molecule has 1 saturated heterocycles. The average Bonchev–Trinajstić information content (AvgIpc) is 3.61. The monoisotopic (exact) mass is 508 g/mol. The van der Waals surface area contributed by atoms with Crippen LogP contribution in [-0.2, 0) is 16.8 Å². The summed E-state index contributed by atoms with van der Waals surface area (Å²) < 4.78 is 34.5. The van der Waals surface area contributed by atoms with Crippen molar-refractivity contribution in [2.24, 2.45) is 0 Å². The number of sulfonamides is 1. The number of rotatable bonds is 7. The fourth-order valence-corrected chi connectivity index (χ4v) is 6.46. The number of ether oxygens (including phenoxy) is 1. The molecule has 0 N–H and O–H groups in total. The van der Waals surface area contributed by atoms with Crippen LogP contribution in [-0.4, -0.2) is 59.5 Å². The number of carbonyl (C=O) groups excluding carboxylic acids is 1. The molecule has 0 saturated carbocycles. The minimum absolute atomic E-state index is 0.171. The molecule has 0 atom stereocenters. The highest BCUT2D eigenvalue weighted by atomic mass is 32.2. The van der Waals surface area contributed by atoms with Crippen molar-refractivity contribution >= 4 is 27.3 Å². The number of aromatic nitrogens is 2. The number of piperazine rings is 1. The van der Waals surface area contributed by atoms with E-state index in [4.69, 9.17) is 4.74 Å². The number of amides is 1. The van der Waals surface area contributed by atoms with Crippen molar-refractivity contribution in [3.8, 4) is 16.9 Å².